The van der Waals surface area contributed by atoms with Gasteiger partial charge in [-0.3, -0.25) is 14.5 Å². The van der Waals surface area contributed by atoms with Gasteiger partial charge in [0.1, 0.15) is 0 Å². The number of hydrogen-bond acceptors (Lipinski definition) is 2. The molecule has 0 bridgehead atoms. The number of carbonyl (C=O) groups excluding carboxylic acids is 2. The van der Waals surface area contributed by atoms with Crippen molar-refractivity contribution in [3.05, 3.63) is 59.7 Å². The van der Waals surface area contributed by atoms with Gasteiger partial charge in [0.15, 0.2) is 0 Å². The van der Waals surface area contributed by atoms with E-state index in [1.807, 2.05) is 24.3 Å². The predicted octanol–water partition coefficient (Wildman–Crippen LogP) is 3.52. The fraction of sp³-hybridized carbons (Fsp3) is 0.364. The van der Waals surface area contributed by atoms with Crippen LogP contribution in [-0.2, 0) is 20.4 Å². The van der Waals surface area contributed by atoms with Crippen LogP contribution in [0.25, 0.3) is 11.1 Å². The second-order valence-electron chi connectivity index (χ2n) is 8.26. The Labute approximate surface area is 147 Å². The number of likely N-dealkylation sites (tertiary alicyclic amines) is 1. The first-order valence-corrected chi connectivity index (χ1v) is 8.86. The Morgan fingerprint density at radius 1 is 0.840 bits per heavy atom. The predicted molar refractivity (Wildman–Crippen MR) is 96.0 cm³/mol. The average Bonchev–Trinajstić information content (AvgIpc) is 2.80. The lowest BCUT2D eigenvalue weighted by Gasteiger charge is -2.70. The van der Waals surface area contributed by atoms with Crippen LogP contribution < -0.4 is 0 Å². The van der Waals surface area contributed by atoms with Gasteiger partial charge in [0, 0.05) is 7.05 Å². The molecule has 5 rings (SSSR count). The highest BCUT2D eigenvalue weighted by atomic mass is 16.2. The highest BCUT2D eigenvalue weighted by Crippen LogP contribution is 2.78. The molecule has 1 aliphatic heterocycles. The van der Waals surface area contributed by atoms with E-state index in [0.717, 1.165) is 22.3 Å². The fourth-order valence-corrected chi connectivity index (χ4v) is 6.35. The number of carbonyl (C=O) groups is 2. The first-order valence-electron chi connectivity index (χ1n) is 8.86. The van der Waals surface area contributed by atoms with Crippen LogP contribution in [0.15, 0.2) is 48.5 Å². The third-order valence-corrected chi connectivity index (χ3v) is 7.53. The zero-order chi connectivity index (χ0) is 17.8. The number of rotatable bonds is 0. The molecule has 25 heavy (non-hydrogen) atoms. The van der Waals surface area contributed by atoms with Gasteiger partial charge >= 0.3 is 0 Å². The number of imide groups is 1. The quantitative estimate of drug-likeness (QED) is 0.693. The Morgan fingerprint density at radius 2 is 1.36 bits per heavy atom. The van der Waals surface area contributed by atoms with Gasteiger partial charge in [-0.05, 0) is 33.6 Å². The summed E-state index contributed by atoms with van der Waals surface area (Å²) >= 11 is 0. The summed E-state index contributed by atoms with van der Waals surface area (Å²) in [6.07, 6.45) is 0. The molecule has 3 nitrogen and oxygen atoms in total. The number of nitrogens with zero attached hydrogens (tertiary/aromatic N) is 1. The smallest absolute Gasteiger partial charge is 0.241 e. The van der Waals surface area contributed by atoms with E-state index in [1.54, 1.807) is 7.05 Å². The maximum absolute atomic E-state index is 13.6. The highest BCUT2D eigenvalue weighted by Gasteiger charge is 2.87. The van der Waals surface area contributed by atoms with Crippen LogP contribution in [0.3, 0.4) is 0 Å². The molecule has 1 saturated heterocycles. The van der Waals surface area contributed by atoms with Crippen LogP contribution >= 0.6 is 0 Å². The summed E-state index contributed by atoms with van der Waals surface area (Å²) in [5, 5.41) is 0. The average molecular weight is 331 g/mol. The van der Waals surface area contributed by atoms with Crippen molar-refractivity contribution in [2.75, 3.05) is 7.05 Å². The molecule has 3 aliphatic rings. The summed E-state index contributed by atoms with van der Waals surface area (Å²) in [5.41, 5.74) is 2.32. The number of hydrogen-bond donors (Lipinski definition) is 0. The molecule has 0 radical (unpaired) electrons. The molecule has 2 fully saturated rings. The lowest BCUT2D eigenvalue weighted by atomic mass is 9.28. The Morgan fingerprint density at radius 3 is 2.00 bits per heavy atom. The molecular formula is C22H21NO2. The zero-order valence-electron chi connectivity index (χ0n) is 15.0. The SMILES string of the molecule is CC1C(C)(C)[C@@]23C(=O)N(C)C(=O)[C@@]12c1ccccc1-c1ccccc13. The molecule has 2 amide bonds. The summed E-state index contributed by atoms with van der Waals surface area (Å²) in [5.74, 6) is -0.0234. The van der Waals surface area contributed by atoms with E-state index in [2.05, 4.69) is 45.0 Å². The molecule has 1 saturated carbocycles. The second kappa shape index (κ2) is 4.04. The fourth-order valence-electron chi connectivity index (χ4n) is 6.35. The molecule has 3 heteroatoms. The first kappa shape index (κ1) is 14.9. The summed E-state index contributed by atoms with van der Waals surface area (Å²) in [7, 11) is 1.64. The van der Waals surface area contributed by atoms with Crippen molar-refractivity contribution in [2.24, 2.45) is 11.3 Å². The van der Waals surface area contributed by atoms with E-state index >= 15 is 0 Å². The summed E-state index contributed by atoms with van der Waals surface area (Å²) < 4.78 is 0. The van der Waals surface area contributed by atoms with Crippen molar-refractivity contribution in [3.63, 3.8) is 0 Å². The Balaban J connectivity index is 2.04. The minimum Gasteiger partial charge on any atom is -0.284 e. The van der Waals surface area contributed by atoms with Crippen molar-refractivity contribution >= 4 is 11.8 Å². The van der Waals surface area contributed by atoms with Gasteiger partial charge in [-0.1, -0.05) is 69.3 Å². The van der Waals surface area contributed by atoms with E-state index in [-0.39, 0.29) is 23.1 Å². The van der Waals surface area contributed by atoms with E-state index in [9.17, 15) is 9.59 Å². The van der Waals surface area contributed by atoms with Gasteiger partial charge in [0.2, 0.25) is 11.8 Å². The van der Waals surface area contributed by atoms with Crippen molar-refractivity contribution in [3.8, 4) is 11.1 Å². The van der Waals surface area contributed by atoms with Crippen molar-refractivity contribution in [1.82, 2.24) is 4.90 Å². The van der Waals surface area contributed by atoms with Gasteiger partial charge in [0.05, 0.1) is 10.8 Å². The molecule has 0 spiro atoms. The minimum atomic E-state index is -0.809. The maximum Gasteiger partial charge on any atom is 0.241 e. The largest absolute Gasteiger partial charge is 0.284 e. The third kappa shape index (κ3) is 1.13. The van der Waals surface area contributed by atoms with E-state index in [0.29, 0.717) is 0 Å². The molecular weight excluding hydrogens is 310 g/mol. The maximum atomic E-state index is 13.6. The summed E-state index contributed by atoms with van der Waals surface area (Å²) in [6.45, 7) is 6.42. The van der Waals surface area contributed by atoms with Gasteiger partial charge in [-0.15, -0.1) is 0 Å². The Hall–Kier alpha value is -2.42. The second-order valence-corrected chi connectivity index (χ2v) is 8.26. The van der Waals surface area contributed by atoms with Crippen molar-refractivity contribution in [1.29, 1.82) is 0 Å². The lowest BCUT2D eigenvalue weighted by molar-refractivity contribution is -0.167. The molecule has 3 atom stereocenters. The van der Waals surface area contributed by atoms with E-state index in [1.165, 1.54) is 4.90 Å². The number of likely N-dealkylation sites (N-methyl/N-ethyl adjacent to an activating group) is 1. The Bertz CT molecular complexity index is 975. The molecule has 0 N–H and O–H groups in total. The topological polar surface area (TPSA) is 37.4 Å². The molecule has 126 valence electrons. The van der Waals surface area contributed by atoms with Gasteiger partial charge in [-0.2, -0.15) is 0 Å². The number of benzene rings is 2. The van der Waals surface area contributed by atoms with Crippen LogP contribution in [-0.4, -0.2) is 23.8 Å². The van der Waals surface area contributed by atoms with Crippen LogP contribution in [0.2, 0.25) is 0 Å². The minimum absolute atomic E-state index is 0.0497. The summed E-state index contributed by atoms with van der Waals surface area (Å²) in [6, 6.07) is 16.3. The van der Waals surface area contributed by atoms with Gasteiger partial charge < -0.3 is 0 Å². The van der Waals surface area contributed by atoms with Crippen LogP contribution in [0.4, 0.5) is 0 Å². The molecule has 2 aliphatic carbocycles. The van der Waals surface area contributed by atoms with Gasteiger partial charge in [0.25, 0.3) is 0 Å². The van der Waals surface area contributed by atoms with Gasteiger partial charge in [-0.25, -0.2) is 0 Å². The van der Waals surface area contributed by atoms with Crippen LogP contribution in [0.1, 0.15) is 31.9 Å². The number of amides is 2. The van der Waals surface area contributed by atoms with Crippen LogP contribution in [0, 0.1) is 11.3 Å². The summed E-state index contributed by atoms with van der Waals surface area (Å²) in [4.78, 5) is 28.5. The van der Waals surface area contributed by atoms with E-state index < -0.39 is 10.8 Å². The molecule has 2 aromatic rings. The zero-order valence-corrected chi connectivity index (χ0v) is 15.0. The standard InChI is InChI=1S/C22H21NO2/c1-13-20(2,3)22-17-12-8-6-10-15(17)14-9-5-7-11-16(14)21(13,22)18(24)23(4)19(22)25/h5-13H,1-4H3/t13?,21-,22+/m0/s1. The van der Waals surface area contributed by atoms with Crippen molar-refractivity contribution in [2.45, 2.75) is 31.6 Å². The highest BCUT2D eigenvalue weighted by molar-refractivity contribution is 6.20. The van der Waals surface area contributed by atoms with Crippen molar-refractivity contribution < 1.29 is 9.59 Å². The number of fused-ring (bicyclic) bond motifs is 3. The molecule has 1 heterocycles. The monoisotopic (exact) mass is 331 g/mol. The Kier molecular flexibility index (Phi) is 2.40. The third-order valence-electron chi connectivity index (χ3n) is 7.53. The molecule has 0 aromatic heterocycles. The normalized spacial score (nSPS) is 33.9. The lowest BCUT2D eigenvalue weighted by Crippen LogP contribution is -2.77. The van der Waals surface area contributed by atoms with E-state index in [4.69, 9.17) is 0 Å². The molecule has 1 unspecified atom stereocenters. The molecule has 2 aromatic carbocycles. The van der Waals surface area contributed by atoms with Crippen LogP contribution in [0.5, 0.6) is 0 Å². The first-order chi connectivity index (χ1) is 11.8.